The van der Waals surface area contributed by atoms with E-state index in [1.807, 2.05) is 30.4 Å². The molecule has 4 rings (SSSR count). The minimum atomic E-state index is -5.08. The zero-order valence-corrected chi connectivity index (χ0v) is 28.6. The Bertz CT molecular complexity index is 1560. The lowest BCUT2D eigenvalue weighted by atomic mass is 10.0. The van der Waals surface area contributed by atoms with Crippen molar-refractivity contribution in [3.63, 3.8) is 0 Å². The second-order valence-electron chi connectivity index (χ2n) is 11.9. The van der Waals surface area contributed by atoms with Gasteiger partial charge < -0.3 is 35.2 Å². The van der Waals surface area contributed by atoms with Crippen LogP contribution < -0.4 is 15.4 Å². The summed E-state index contributed by atoms with van der Waals surface area (Å²) < 4.78 is 45.0. The Morgan fingerprint density at radius 1 is 1.16 bits per heavy atom. The highest BCUT2D eigenvalue weighted by molar-refractivity contribution is 5.97. The first kappa shape index (κ1) is 39.8. The number of aromatic nitrogens is 2. The van der Waals surface area contributed by atoms with Gasteiger partial charge in [0.15, 0.2) is 12.4 Å². The summed E-state index contributed by atoms with van der Waals surface area (Å²) in [5.41, 5.74) is 4.65. The van der Waals surface area contributed by atoms with Crippen molar-refractivity contribution >= 4 is 23.5 Å². The molecule has 4 N–H and O–H groups in total. The van der Waals surface area contributed by atoms with Crippen LogP contribution in [0.25, 0.3) is 11.1 Å². The lowest BCUT2D eigenvalue weighted by molar-refractivity contribution is -0.192. The van der Waals surface area contributed by atoms with E-state index in [2.05, 4.69) is 53.8 Å². The van der Waals surface area contributed by atoms with Crippen LogP contribution in [-0.2, 0) is 39.0 Å². The third kappa shape index (κ3) is 12.7. The number of phenolic OH excluding ortho intramolecular Hbond substituents is 1. The van der Waals surface area contributed by atoms with Gasteiger partial charge in [0, 0.05) is 37.9 Å². The Balaban J connectivity index is 0.000000872. The van der Waals surface area contributed by atoms with E-state index in [1.165, 1.54) is 5.56 Å². The van der Waals surface area contributed by atoms with Crippen molar-refractivity contribution in [2.75, 3.05) is 44.8 Å². The van der Waals surface area contributed by atoms with Crippen molar-refractivity contribution in [2.45, 2.75) is 64.6 Å². The average Bonchev–Trinajstić information content (AvgIpc) is 3.52. The normalized spacial score (nSPS) is 13.0. The Morgan fingerprint density at radius 2 is 1.92 bits per heavy atom. The lowest BCUT2D eigenvalue weighted by Gasteiger charge is -2.30. The summed E-state index contributed by atoms with van der Waals surface area (Å²) in [5, 5.41) is 27.6. The molecular weight excluding hydrogens is 659 g/mol. The first-order chi connectivity index (χ1) is 23.8. The van der Waals surface area contributed by atoms with Gasteiger partial charge in [0.05, 0.1) is 25.8 Å². The van der Waals surface area contributed by atoms with Crippen LogP contribution in [0.4, 0.5) is 18.9 Å². The van der Waals surface area contributed by atoms with Crippen LogP contribution >= 0.6 is 0 Å². The van der Waals surface area contributed by atoms with E-state index in [0.29, 0.717) is 57.1 Å². The summed E-state index contributed by atoms with van der Waals surface area (Å²) in [5.74, 6) is -2.41. The molecule has 3 aromatic rings. The molecule has 0 fully saturated rings. The number of carboxylic acids is 1. The molecule has 2 heterocycles. The number of anilines is 1. The number of carboxylic acid groups (broad SMARTS) is 1. The molecule has 1 aliphatic rings. The maximum Gasteiger partial charge on any atom is 0.490 e. The number of halogens is 3. The van der Waals surface area contributed by atoms with Gasteiger partial charge in [0.2, 0.25) is 5.91 Å². The van der Waals surface area contributed by atoms with Gasteiger partial charge in [0.25, 0.3) is 5.91 Å². The van der Waals surface area contributed by atoms with Crippen LogP contribution in [0.15, 0.2) is 48.8 Å². The minimum Gasteiger partial charge on any atom is -0.506 e. The number of carbonyl (C=O) groups is 3. The van der Waals surface area contributed by atoms with Crippen LogP contribution in [0.1, 0.15) is 50.7 Å². The number of benzene rings is 2. The number of amides is 2. The Morgan fingerprint density at radius 3 is 2.60 bits per heavy atom. The van der Waals surface area contributed by atoms with Gasteiger partial charge in [-0.05, 0) is 55.5 Å². The maximum atomic E-state index is 13.2. The van der Waals surface area contributed by atoms with Gasteiger partial charge in [-0.1, -0.05) is 50.1 Å². The maximum absolute atomic E-state index is 13.2. The molecule has 2 amide bonds. The molecule has 1 aliphatic heterocycles. The molecule has 0 spiro atoms. The fourth-order valence-electron chi connectivity index (χ4n) is 5.28. The highest BCUT2D eigenvalue weighted by atomic mass is 19.4. The van der Waals surface area contributed by atoms with Crippen LogP contribution in [0.3, 0.4) is 0 Å². The molecule has 1 atom stereocenters. The number of phenols is 1. The quantitative estimate of drug-likeness (QED) is 0.113. The van der Waals surface area contributed by atoms with Crippen molar-refractivity contribution in [1.29, 1.82) is 0 Å². The second kappa shape index (κ2) is 19.5. The monoisotopic (exact) mass is 705 g/mol. The fourth-order valence-corrected chi connectivity index (χ4v) is 5.28. The topological polar surface area (TPSA) is 155 Å². The number of aliphatic carboxylic acids is 1. The molecule has 1 aromatic heterocycles. The summed E-state index contributed by atoms with van der Waals surface area (Å²) in [7, 11) is 1.91. The van der Waals surface area contributed by atoms with Gasteiger partial charge >= 0.3 is 12.1 Å². The molecule has 12 nitrogen and oxygen atoms in total. The number of aryl methyl sites for hydroxylation is 1. The number of rotatable bonds is 17. The summed E-state index contributed by atoms with van der Waals surface area (Å²) in [4.78, 5) is 35.7. The summed E-state index contributed by atoms with van der Waals surface area (Å²) in [6.07, 6.45) is 3.73. The standard InChI is InChI=1S/C33H45N5O5.C2HF3O2/c1-4-5-7-24(2)38(17-16-34-15-12-26-10-11-29(39)32-33(26)43-23-30(40)36-32)31(41)14-19-42-18-13-25-8-6-9-27(20-25)28-21-35-37(3)22-28;3-2(4,5)1(6)7/h6,8-11,20-22,24,34,39H,4-5,7,12-19,23H2,1-3H3,(H,36,40);(H,6,7)/t24-;/m1./s1. The third-order valence-electron chi connectivity index (χ3n) is 7.96. The number of nitrogens with zero attached hydrogens (tertiary/aromatic N) is 3. The number of hydrogen-bond donors (Lipinski definition) is 4. The first-order valence-corrected chi connectivity index (χ1v) is 16.5. The molecule has 0 saturated heterocycles. The molecule has 0 saturated carbocycles. The van der Waals surface area contributed by atoms with Crippen molar-refractivity contribution in [3.05, 3.63) is 59.9 Å². The van der Waals surface area contributed by atoms with Crippen molar-refractivity contribution < 1.29 is 47.2 Å². The van der Waals surface area contributed by atoms with Crippen molar-refractivity contribution in [3.8, 4) is 22.6 Å². The number of carbonyl (C=O) groups excluding carboxylic acids is 2. The molecule has 2 aromatic carbocycles. The van der Waals surface area contributed by atoms with Crippen molar-refractivity contribution in [2.24, 2.45) is 7.05 Å². The molecule has 50 heavy (non-hydrogen) atoms. The van der Waals surface area contributed by atoms with Crippen LogP contribution in [0, 0.1) is 0 Å². The fraction of sp³-hybridized carbons (Fsp3) is 0.486. The Kier molecular flexibility index (Phi) is 15.5. The predicted octanol–water partition coefficient (Wildman–Crippen LogP) is 4.95. The van der Waals surface area contributed by atoms with Crippen LogP contribution in [0.5, 0.6) is 11.5 Å². The number of aromatic hydroxyl groups is 1. The second-order valence-corrected chi connectivity index (χ2v) is 11.9. The largest absolute Gasteiger partial charge is 0.506 e. The van der Waals surface area contributed by atoms with Crippen molar-refractivity contribution in [1.82, 2.24) is 20.0 Å². The minimum absolute atomic E-state index is 0.00556. The number of ether oxygens (including phenoxy) is 2. The van der Waals surface area contributed by atoms with E-state index in [0.717, 1.165) is 42.4 Å². The Hall–Kier alpha value is -4.63. The van der Waals surface area contributed by atoms with Crippen LogP contribution in [0.2, 0.25) is 0 Å². The zero-order valence-electron chi connectivity index (χ0n) is 28.6. The number of alkyl halides is 3. The highest BCUT2D eigenvalue weighted by Crippen LogP contribution is 2.39. The van der Waals surface area contributed by atoms with Gasteiger partial charge in [-0.15, -0.1) is 0 Å². The van der Waals surface area contributed by atoms with E-state index in [9.17, 15) is 27.9 Å². The van der Waals surface area contributed by atoms with E-state index in [1.54, 1.807) is 10.7 Å². The molecule has 0 unspecified atom stereocenters. The molecule has 0 radical (unpaired) electrons. The summed E-state index contributed by atoms with van der Waals surface area (Å²) in [6.45, 7) is 7.13. The van der Waals surface area contributed by atoms with E-state index in [4.69, 9.17) is 19.4 Å². The zero-order chi connectivity index (χ0) is 36.7. The number of hydrogen-bond acceptors (Lipinski definition) is 8. The molecule has 274 valence electrons. The number of unbranched alkanes of at least 4 members (excludes halogenated alkanes) is 1. The molecule has 15 heteroatoms. The lowest BCUT2D eigenvalue weighted by Crippen LogP contribution is -2.43. The van der Waals surface area contributed by atoms with Gasteiger partial charge in [-0.3, -0.25) is 14.3 Å². The van der Waals surface area contributed by atoms with Gasteiger partial charge in [-0.25, -0.2) is 4.79 Å². The molecular formula is C35H46F3N5O7. The number of fused-ring (bicyclic) bond motifs is 1. The van der Waals surface area contributed by atoms with E-state index >= 15 is 0 Å². The molecule has 0 bridgehead atoms. The predicted molar refractivity (Wildman–Crippen MR) is 181 cm³/mol. The molecule has 0 aliphatic carbocycles. The SMILES string of the molecule is CCCC[C@@H](C)N(CCNCCc1ccc(O)c2c1OCC(=O)N2)C(=O)CCOCCc1cccc(-c2cnn(C)c2)c1.O=C(O)C(F)(F)F. The van der Waals surface area contributed by atoms with Gasteiger partial charge in [-0.2, -0.15) is 18.3 Å². The van der Waals surface area contributed by atoms with E-state index < -0.39 is 12.1 Å². The highest BCUT2D eigenvalue weighted by Gasteiger charge is 2.38. The third-order valence-corrected chi connectivity index (χ3v) is 7.96. The number of nitrogens with one attached hydrogen (secondary N) is 2. The summed E-state index contributed by atoms with van der Waals surface area (Å²) in [6, 6.07) is 11.9. The smallest absolute Gasteiger partial charge is 0.490 e. The van der Waals surface area contributed by atoms with E-state index in [-0.39, 0.29) is 30.2 Å². The first-order valence-electron chi connectivity index (χ1n) is 16.5. The van der Waals surface area contributed by atoms with Crippen LogP contribution in [-0.4, -0.2) is 94.4 Å². The average molecular weight is 706 g/mol. The van der Waals surface area contributed by atoms with Gasteiger partial charge in [0.1, 0.15) is 11.4 Å². The summed E-state index contributed by atoms with van der Waals surface area (Å²) >= 11 is 0. The Labute approximate surface area is 289 Å².